The minimum atomic E-state index is -3.49. The second kappa shape index (κ2) is 4.96. The van der Waals surface area contributed by atoms with E-state index in [1.165, 1.54) is 0 Å². The molecule has 0 amide bonds. The molecule has 0 unspecified atom stereocenters. The number of sulfone groups is 1. The summed E-state index contributed by atoms with van der Waals surface area (Å²) in [5.41, 5.74) is 0.537. The fraction of sp³-hybridized carbons (Fsp3) is 0.562. The molecule has 1 fully saturated rings. The van der Waals surface area contributed by atoms with Crippen molar-refractivity contribution in [2.75, 3.05) is 0 Å². The Labute approximate surface area is 135 Å². The van der Waals surface area contributed by atoms with Gasteiger partial charge in [-0.2, -0.15) is 0 Å². The van der Waals surface area contributed by atoms with E-state index in [1.807, 2.05) is 20.8 Å². The molecule has 6 heteroatoms. The predicted octanol–water partition coefficient (Wildman–Crippen LogP) is 4.35. The lowest BCUT2D eigenvalue weighted by atomic mass is 9.87. The first kappa shape index (κ1) is 15.8. The molecule has 0 bridgehead atoms. The van der Waals surface area contributed by atoms with Crippen LogP contribution in [0.25, 0.3) is 11.1 Å². The van der Waals surface area contributed by atoms with E-state index >= 15 is 0 Å². The van der Waals surface area contributed by atoms with Crippen LogP contribution in [0.15, 0.2) is 21.4 Å². The number of fused-ring (bicyclic) bond motifs is 1. The van der Waals surface area contributed by atoms with Crippen molar-refractivity contribution in [1.29, 1.82) is 0 Å². The Bertz CT molecular complexity index is 827. The van der Waals surface area contributed by atoms with Crippen molar-refractivity contribution in [2.24, 2.45) is 5.92 Å². The van der Waals surface area contributed by atoms with Crippen LogP contribution in [0.4, 0.5) is 0 Å². The molecule has 1 aromatic carbocycles. The molecular formula is C16H20ClNO3S. The molecule has 0 saturated heterocycles. The fourth-order valence-electron chi connectivity index (χ4n) is 2.78. The Morgan fingerprint density at radius 1 is 1.27 bits per heavy atom. The van der Waals surface area contributed by atoms with Gasteiger partial charge in [0.05, 0.1) is 10.3 Å². The van der Waals surface area contributed by atoms with Crippen LogP contribution in [0, 0.1) is 5.92 Å². The highest BCUT2D eigenvalue weighted by atomic mass is 35.5. The second-order valence-electron chi connectivity index (χ2n) is 7.24. The zero-order valence-electron chi connectivity index (χ0n) is 13.2. The average Bonchev–Trinajstić information content (AvgIpc) is 2.77. The van der Waals surface area contributed by atoms with Crippen LogP contribution in [-0.2, 0) is 15.3 Å². The molecule has 120 valence electrons. The van der Waals surface area contributed by atoms with Crippen molar-refractivity contribution in [2.45, 2.75) is 56.1 Å². The molecule has 0 aliphatic heterocycles. The lowest BCUT2D eigenvalue weighted by Gasteiger charge is -2.32. The number of aromatic nitrogens is 1. The van der Waals surface area contributed by atoms with E-state index < -0.39 is 9.84 Å². The van der Waals surface area contributed by atoms with Gasteiger partial charge in [0.25, 0.3) is 0 Å². The number of hydrogen-bond donors (Lipinski definition) is 0. The highest BCUT2D eigenvalue weighted by molar-refractivity contribution is 7.92. The number of hydrogen-bond acceptors (Lipinski definition) is 4. The van der Waals surface area contributed by atoms with Gasteiger partial charge in [0.15, 0.2) is 15.4 Å². The summed E-state index contributed by atoms with van der Waals surface area (Å²) >= 11 is 6.21. The number of nitrogens with zero attached hydrogens (tertiary/aromatic N) is 1. The van der Waals surface area contributed by atoms with Gasteiger partial charge in [-0.3, -0.25) is 0 Å². The van der Waals surface area contributed by atoms with Gasteiger partial charge in [0.1, 0.15) is 10.4 Å². The van der Waals surface area contributed by atoms with E-state index in [9.17, 15) is 8.42 Å². The van der Waals surface area contributed by atoms with Gasteiger partial charge in [-0.1, -0.05) is 39.3 Å². The van der Waals surface area contributed by atoms with Crippen LogP contribution in [-0.4, -0.2) is 18.7 Å². The molecule has 1 aliphatic rings. The van der Waals surface area contributed by atoms with Gasteiger partial charge >= 0.3 is 0 Å². The van der Waals surface area contributed by atoms with Crippen LogP contribution < -0.4 is 0 Å². The molecule has 0 N–H and O–H groups in total. The van der Waals surface area contributed by atoms with Crippen molar-refractivity contribution < 1.29 is 12.8 Å². The molecular weight excluding hydrogens is 322 g/mol. The van der Waals surface area contributed by atoms with E-state index in [1.54, 1.807) is 12.1 Å². The zero-order chi connectivity index (χ0) is 16.3. The van der Waals surface area contributed by atoms with Gasteiger partial charge in [0.2, 0.25) is 5.89 Å². The maximum absolute atomic E-state index is 12.9. The smallest absolute Gasteiger partial charge is 0.200 e. The molecule has 1 aliphatic carbocycles. The summed E-state index contributed by atoms with van der Waals surface area (Å²) < 4.78 is 31.6. The lowest BCUT2D eigenvalue weighted by molar-refractivity contribution is 0.344. The fourth-order valence-corrected chi connectivity index (χ4v) is 5.49. The molecule has 1 heterocycles. The third kappa shape index (κ3) is 2.44. The van der Waals surface area contributed by atoms with E-state index in [0.717, 1.165) is 0 Å². The number of rotatable bonds is 2. The van der Waals surface area contributed by atoms with Gasteiger partial charge in [0, 0.05) is 5.41 Å². The summed E-state index contributed by atoms with van der Waals surface area (Å²) in [6, 6.07) is 3.30. The second-order valence-corrected chi connectivity index (χ2v) is 9.81. The number of benzene rings is 1. The van der Waals surface area contributed by atoms with Crippen molar-refractivity contribution in [3.05, 3.63) is 23.0 Å². The predicted molar refractivity (Wildman–Crippen MR) is 87.1 cm³/mol. The quantitative estimate of drug-likeness (QED) is 0.814. The van der Waals surface area contributed by atoms with Crippen molar-refractivity contribution in [3.8, 4) is 0 Å². The standard InChI is InChI=1S/C16H20ClNO3S/c1-9-7-10(8-9)22(19,20)14-11(17)5-6-12-13(14)21-15(18-12)16(2,3)4/h5-6,9-10H,7-8H2,1-4H3. The zero-order valence-corrected chi connectivity index (χ0v) is 14.8. The Kier molecular flexibility index (Phi) is 3.57. The summed E-state index contributed by atoms with van der Waals surface area (Å²) in [5, 5.41) is -0.155. The van der Waals surface area contributed by atoms with E-state index in [-0.39, 0.29) is 26.2 Å². The first-order chi connectivity index (χ1) is 10.1. The molecule has 1 saturated carbocycles. The monoisotopic (exact) mass is 341 g/mol. The number of halogens is 1. The maximum Gasteiger partial charge on any atom is 0.200 e. The van der Waals surface area contributed by atoms with Gasteiger partial charge < -0.3 is 4.42 Å². The maximum atomic E-state index is 12.9. The van der Waals surface area contributed by atoms with Crippen LogP contribution in [0.5, 0.6) is 0 Å². The van der Waals surface area contributed by atoms with Crippen molar-refractivity contribution >= 4 is 32.5 Å². The first-order valence-corrected chi connectivity index (χ1v) is 9.36. The van der Waals surface area contributed by atoms with Crippen LogP contribution in [0.3, 0.4) is 0 Å². The summed E-state index contributed by atoms with van der Waals surface area (Å²) in [5.74, 6) is 0.959. The SMILES string of the molecule is CC1CC(S(=O)(=O)c2c(Cl)ccc3nc(C(C)(C)C)oc23)C1. The lowest BCUT2D eigenvalue weighted by Crippen LogP contribution is -2.34. The van der Waals surface area contributed by atoms with E-state index in [0.29, 0.717) is 30.2 Å². The highest BCUT2D eigenvalue weighted by Gasteiger charge is 2.40. The van der Waals surface area contributed by atoms with Gasteiger partial charge in [-0.05, 0) is 30.9 Å². The molecule has 2 aromatic rings. The minimum absolute atomic E-state index is 0.103. The summed E-state index contributed by atoms with van der Waals surface area (Å²) in [6.45, 7) is 7.98. The van der Waals surface area contributed by atoms with Gasteiger partial charge in [-0.15, -0.1) is 0 Å². The van der Waals surface area contributed by atoms with Crippen LogP contribution in [0.2, 0.25) is 5.02 Å². The number of oxazole rings is 1. The van der Waals surface area contributed by atoms with E-state index in [4.69, 9.17) is 16.0 Å². The third-order valence-electron chi connectivity index (χ3n) is 4.16. The Morgan fingerprint density at radius 3 is 2.45 bits per heavy atom. The summed E-state index contributed by atoms with van der Waals surface area (Å²) in [7, 11) is -3.49. The molecule has 3 rings (SSSR count). The minimum Gasteiger partial charge on any atom is -0.439 e. The molecule has 0 spiro atoms. The van der Waals surface area contributed by atoms with Crippen LogP contribution >= 0.6 is 11.6 Å². The molecule has 1 aromatic heterocycles. The third-order valence-corrected chi connectivity index (χ3v) is 6.82. The topological polar surface area (TPSA) is 60.2 Å². The Morgan fingerprint density at radius 2 is 1.91 bits per heavy atom. The van der Waals surface area contributed by atoms with Crippen molar-refractivity contribution in [1.82, 2.24) is 4.98 Å². The summed E-state index contributed by atoms with van der Waals surface area (Å²) in [4.78, 5) is 4.53. The summed E-state index contributed by atoms with van der Waals surface area (Å²) in [6.07, 6.45) is 1.35. The first-order valence-electron chi connectivity index (χ1n) is 7.44. The van der Waals surface area contributed by atoms with Gasteiger partial charge in [-0.25, -0.2) is 13.4 Å². The Balaban J connectivity index is 2.20. The molecule has 0 atom stereocenters. The van der Waals surface area contributed by atoms with E-state index in [2.05, 4.69) is 11.9 Å². The molecule has 4 nitrogen and oxygen atoms in total. The highest BCUT2D eigenvalue weighted by Crippen LogP contribution is 2.41. The normalized spacial score (nSPS) is 22.8. The molecule has 0 radical (unpaired) electrons. The largest absolute Gasteiger partial charge is 0.439 e. The Hall–Kier alpha value is -1.07. The van der Waals surface area contributed by atoms with Crippen molar-refractivity contribution in [3.63, 3.8) is 0 Å². The van der Waals surface area contributed by atoms with Crippen LogP contribution in [0.1, 0.15) is 46.4 Å². The average molecular weight is 342 g/mol. The molecule has 22 heavy (non-hydrogen) atoms.